The maximum atomic E-state index is 2.62. The van der Waals surface area contributed by atoms with Gasteiger partial charge in [0.2, 0.25) is 0 Å². The highest BCUT2D eigenvalue weighted by molar-refractivity contribution is 7.75. The lowest BCUT2D eigenvalue weighted by Gasteiger charge is -2.22. The monoisotopic (exact) mass is 252 g/mol. The van der Waals surface area contributed by atoms with E-state index in [0.717, 1.165) is 0 Å². The molecule has 0 saturated heterocycles. The highest BCUT2D eigenvalue weighted by Gasteiger charge is 2.28. The Balaban J connectivity index is 0. The first kappa shape index (κ1) is 18.1. The first-order valence-electron chi connectivity index (χ1n) is 6.52. The molecule has 0 nitrogen and oxygen atoms in total. The highest BCUT2D eigenvalue weighted by Crippen LogP contribution is 2.57. The predicted octanol–water partition coefficient (Wildman–Crippen LogP) is 2.04. The van der Waals surface area contributed by atoms with Gasteiger partial charge in [0.25, 0.3) is 0 Å². The summed E-state index contributed by atoms with van der Waals surface area (Å²) >= 11 is 0. The van der Waals surface area contributed by atoms with Gasteiger partial charge in [0.05, 0.1) is 18.5 Å². The smallest absolute Gasteiger partial charge is 0.0591 e. The molecule has 0 aromatic rings. The van der Waals surface area contributed by atoms with Crippen molar-refractivity contribution in [3.8, 4) is 0 Å². The summed E-state index contributed by atoms with van der Waals surface area (Å²) in [6.45, 7) is 9.59. The van der Waals surface area contributed by atoms with Crippen LogP contribution in [-0.2, 0) is 0 Å². The Morgan fingerprint density at radius 1 is 0.667 bits per heavy atom. The van der Waals surface area contributed by atoms with Crippen molar-refractivity contribution in [2.75, 3.05) is 25.2 Å². The molecule has 0 rings (SSSR count). The zero-order valence-corrected chi connectivity index (χ0v) is 12.8. The van der Waals surface area contributed by atoms with Gasteiger partial charge in [-0.05, 0) is 19.3 Å². The van der Waals surface area contributed by atoms with Crippen molar-refractivity contribution in [1.82, 2.24) is 0 Å². The fourth-order valence-electron chi connectivity index (χ4n) is 1.95. The topological polar surface area (TPSA) is 0 Å². The van der Waals surface area contributed by atoms with Crippen LogP contribution in [0.25, 0.3) is 0 Å². The summed E-state index contributed by atoms with van der Waals surface area (Å²) in [5.74, 6) is 0. The maximum absolute atomic E-state index is 2.62. The number of unbranched alkanes of at least 4 members (excludes halogenated alkanes) is 3. The van der Waals surface area contributed by atoms with Crippen LogP contribution in [0.3, 0.4) is 0 Å². The summed E-state index contributed by atoms with van der Waals surface area (Å²) in [5, 5.41) is 0. The molecule has 0 spiro atoms. The van der Waals surface area contributed by atoms with E-state index in [4.69, 9.17) is 0 Å². The first-order chi connectivity index (χ1) is 6.68. The Labute approximate surface area is 104 Å². The van der Waals surface area contributed by atoms with Crippen molar-refractivity contribution in [2.24, 2.45) is 0 Å². The van der Waals surface area contributed by atoms with Gasteiger partial charge >= 0.3 is 0 Å². The number of rotatable bonds is 9. The molecule has 0 aliphatic carbocycles. The van der Waals surface area contributed by atoms with Crippen LogP contribution in [0.15, 0.2) is 0 Å². The molecule has 0 aliphatic rings. The van der Waals surface area contributed by atoms with Gasteiger partial charge in [0, 0.05) is 13.9 Å². The Bertz CT molecular complexity index is 104. The molecule has 0 radical (unpaired) electrons. The standard InChI is InChI=1S/C13H30P.ClH/c1-5-8-11-14(4,12-9-6-2)13-10-7-3;/h5-13H2,1-4H3;1H/q+1;/p-1. The average molecular weight is 253 g/mol. The van der Waals surface area contributed by atoms with Crippen LogP contribution in [-0.4, -0.2) is 25.2 Å². The molecular weight excluding hydrogens is 223 g/mol. The molecule has 2 heteroatoms. The van der Waals surface area contributed by atoms with Gasteiger partial charge in [-0.3, -0.25) is 0 Å². The van der Waals surface area contributed by atoms with Gasteiger partial charge < -0.3 is 12.4 Å². The van der Waals surface area contributed by atoms with E-state index in [1.165, 1.54) is 38.5 Å². The first-order valence-corrected chi connectivity index (χ1v) is 9.31. The van der Waals surface area contributed by atoms with Crippen molar-refractivity contribution in [3.05, 3.63) is 0 Å². The summed E-state index contributed by atoms with van der Waals surface area (Å²) in [6, 6.07) is 0. The van der Waals surface area contributed by atoms with Crippen molar-refractivity contribution >= 4 is 7.26 Å². The van der Waals surface area contributed by atoms with Crippen LogP contribution in [0.4, 0.5) is 0 Å². The second-order valence-electron chi connectivity index (χ2n) is 4.85. The summed E-state index contributed by atoms with van der Waals surface area (Å²) in [6.07, 6.45) is 13.2. The second-order valence-corrected chi connectivity index (χ2v) is 9.43. The molecule has 0 saturated carbocycles. The predicted molar refractivity (Wildman–Crippen MR) is 72.2 cm³/mol. The number of halogens is 1. The summed E-state index contributed by atoms with van der Waals surface area (Å²) < 4.78 is 0. The molecule has 0 aliphatic heterocycles. The van der Waals surface area contributed by atoms with Crippen molar-refractivity contribution in [1.29, 1.82) is 0 Å². The number of hydrogen-bond acceptors (Lipinski definition) is 0. The third-order valence-electron chi connectivity index (χ3n) is 3.15. The third-order valence-corrected chi connectivity index (χ3v) is 7.34. The fourth-order valence-corrected chi connectivity index (χ4v) is 5.86. The minimum absolute atomic E-state index is 0. The van der Waals surface area contributed by atoms with E-state index in [1.807, 2.05) is 0 Å². The zero-order valence-electron chi connectivity index (χ0n) is 11.2. The van der Waals surface area contributed by atoms with E-state index in [0.29, 0.717) is 0 Å². The lowest BCUT2D eigenvalue weighted by Crippen LogP contribution is -3.00. The third kappa shape index (κ3) is 9.64. The van der Waals surface area contributed by atoms with Crippen molar-refractivity contribution < 1.29 is 12.4 Å². The second kappa shape index (κ2) is 11.2. The van der Waals surface area contributed by atoms with Crippen molar-refractivity contribution in [3.63, 3.8) is 0 Å². The summed E-state index contributed by atoms with van der Waals surface area (Å²) in [5.41, 5.74) is 0. The van der Waals surface area contributed by atoms with Gasteiger partial charge in [-0.25, -0.2) is 0 Å². The Morgan fingerprint density at radius 3 is 1.13 bits per heavy atom. The molecule has 0 unspecified atom stereocenters. The van der Waals surface area contributed by atoms with Crippen LogP contribution >= 0.6 is 7.26 Å². The molecule has 0 atom stereocenters. The van der Waals surface area contributed by atoms with Crippen LogP contribution < -0.4 is 12.4 Å². The van der Waals surface area contributed by atoms with E-state index < -0.39 is 7.26 Å². The molecule has 0 heterocycles. The van der Waals surface area contributed by atoms with E-state index >= 15 is 0 Å². The molecule has 0 aromatic carbocycles. The van der Waals surface area contributed by atoms with Crippen molar-refractivity contribution in [2.45, 2.75) is 59.3 Å². The molecule has 15 heavy (non-hydrogen) atoms. The average Bonchev–Trinajstić information content (AvgIpc) is 2.21. The van der Waals surface area contributed by atoms with Crippen LogP contribution in [0.1, 0.15) is 59.3 Å². The van der Waals surface area contributed by atoms with Gasteiger partial charge in [-0.1, -0.05) is 40.0 Å². The molecular formula is C13H30ClP. The Kier molecular flexibility index (Phi) is 13.5. The van der Waals surface area contributed by atoms with E-state index in [2.05, 4.69) is 27.4 Å². The van der Waals surface area contributed by atoms with Gasteiger partial charge in [-0.2, -0.15) is 0 Å². The lowest BCUT2D eigenvalue weighted by molar-refractivity contribution is -0.00000339. The highest BCUT2D eigenvalue weighted by atomic mass is 35.5. The normalized spacial score (nSPS) is 11.2. The van der Waals surface area contributed by atoms with Gasteiger partial charge in [0.15, 0.2) is 0 Å². The molecule has 94 valence electrons. The minimum Gasteiger partial charge on any atom is -1.00 e. The maximum Gasteiger partial charge on any atom is 0.0591 e. The molecule has 0 N–H and O–H groups in total. The van der Waals surface area contributed by atoms with Gasteiger partial charge in [0.1, 0.15) is 0 Å². The molecule has 0 bridgehead atoms. The SMILES string of the molecule is CCCC[P+](C)(CCCC)CCCC.[Cl-]. The Morgan fingerprint density at radius 2 is 0.933 bits per heavy atom. The molecule has 0 fully saturated rings. The zero-order chi connectivity index (χ0) is 10.9. The van der Waals surface area contributed by atoms with Crippen LogP contribution in [0.5, 0.6) is 0 Å². The molecule has 0 aromatic heterocycles. The van der Waals surface area contributed by atoms with Crippen LogP contribution in [0.2, 0.25) is 0 Å². The van der Waals surface area contributed by atoms with Crippen LogP contribution in [0, 0.1) is 0 Å². The summed E-state index contributed by atoms with van der Waals surface area (Å²) in [7, 11) is -0.519. The summed E-state index contributed by atoms with van der Waals surface area (Å²) in [4.78, 5) is 0. The van der Waals surface area contributed by atoms with E-state index in [9.17, 15) is 0 Å². The minimum atomic E-state index is -0.519. The van der Waals surface area contributed by atoms with Gasteiger partial charge in [-0.15, -0.1) is 0 Å². The molecule has 0 amide bonds. The lowest BCUT2D eigenvalue weighted by atomic mass is 10.4. The number of hydrogen-bond donors (Lipinski definition) is 0. The fraction of sp³-hybridized carbons (Fsp3) is 1.00. The quantitative estimate of drug-likeness (QED) is 0.551. The Hall–Kier alpha value is 0.720. The van der Waals surface area contributed by atoms with E-state index in [-0.39, 0.29) is 12.4 Å². The largest absolute Gasteiger partial charge is 1.00 e. The van der Waals surface area contributed by atoms with E-state index in [1.54, 1.807) is 18.5 Å².